The van der Waals surface area contributed by atoms with Crippen molar-refractivity contribution in [2.75, 3.05) is 58.1 Å². The van der Waals surface area contributed by atoms with Crippen LogP contribution in [0.15, 0.2) is 97.3 Å². The summed E-state index contributed by atoms with van der Waals surface area (Å²) in [4.78, 5) is 86.7. The fourth-order valence-corrected chi connectivity index (χ4v) is 8.12. The number of alkyl halides is 6. The van der Waals surface area contributed by atoms with E-state index in [-0.39, 0.29) is 119 Å². The molecule has 2 aromatic heterocycles. The van der Waals surface area contributed by atoms with E-state index in [0.29, 0.717) is 54.0 Å². The average Bonchev–Trinajstić information content (AvgIpc) is 3.89. The quantitative estimate of drug-likeness (QED) is 0.0173. The largest absolute Gasteiger partial charge is 0.447 e. The number of hydrogen-bond donors (Lipinski definition) is 6. The van der Waals surface area contributed by atoms with Gasteiger partial charge in [0.15, 0.2) is 0 Å². The molecular formula is C53H64Cl2F8N10O9S2. The number of hydrogen-bond acceptors (Lipinski definition) is 14. The lowest BCUT2D eigenvalue weighted by Crippen LogP contribution is -2.42. The number of imide groups is 1. The second kappa shape index (κ2) is 36.8. The van der Waals surface area contributed by atoms with Gasteiger partial charge in [-0.1, -0.05) is 59.6 Å². The van der Waals surface area contributed by atoms with Crippen LogP contribution in [0.2, 0.25) is 10.0 Å². The monoisotopic (exact) mass is 1270 g/mol. The van der Waals surface area contributed by atoms with Gasteiger partial charge in [-0.2, -0.15) is 53.3 Å². The molecule has 6 amide bonds. The first-order valence-corrected chi connectivity index (χ1v) is 25.4. The topological polar surface area (TPSA) is 279 Å². The lowest BCUT2D eigenvalue weighted by atomic mass is 10.1. The Labute approximate surface area is 502 Å². The highest BCUT2D eigenvalue weighted by atomic mass is 35.5. The Morgan fingerprint density at radius 2 is 1.01 bits per heavy atom. The number of pyridine rings is 2. The molecule has 0 fully saturated rings. The number of nitrogens with one attached hydrogen (secondary N) is 2. The molecule has 2 atom stereocenters. The van der Waals surface area contributed by atoms with Crippen molar-refractivity contribution in [3.8, 4) is 0 Å². The van der Waals surface area contributed by atoms with Crippen molar-refractivity contribution < 1.29 is 78.5 Å². The Bertz CT molecular complexity index is 2890. The lowest BCUT2D eigenvalue weighted by Gasteiger charge is -2.28. The number of anilines is 2. The fraction of sp³-hybridized carbons (Fsp3) is 0.358. The van der Waals surface area contributed by atoms with Crippen LogP contribution in [0, 0.1) is 11.6 Å². The Morgan fingerprint density at radius 3 is 1.36 bits per heavy atom. The molecule has 1 aliphatic rings. The van der Waals surface area contributed by atoms with Crippen LogP contribution in [0.4, 0.5) is 56.3 Å². The molecule has 3 aromatic carbocycles. The third-order valence-corrected chi connectivity index (χ3v) is 13.0. The van der Waals surface area contributed by atoms with Gasteiger partial charge >= 0.3 is 24.5 Å². The summed E-state index contributed by atoms with van der Waals surface area (Å²) in [7, 11) is 4.04. The Morgan fingerprint density at radius 1 is 0.631 bits per heavy atom. The standard InChI is InChI=1S/C30H27ClF4N4O5.C22H25ClF4N4O3.CH4O.H4N2.2H2S/c1-38(25(40)14-11-18-6-4-10-23(32)26(18)31)20(7-5-15-39-27(41)21-8-2-3-9-22(21)28(39)42)17-44-29(43)37-24-13-12-19(16-36-24)30(33,34)35;1-31(19(32)10-7-14-4-2-6-17(24)20(14)23)16(5-3-11-28)13-34-21(33)30-18-9-8-15(12-29-18)22(25,26)27;2*1-2;;/h2-4,6,8-10,12-13,16,20H,5,7,11,14-15,17H2,1H3,(H,36,37,43);2,4,6,8-9,12,16H,3,5,7,10-11,13,28H2,1H3,(H,29,30,33);2H,1H3;1-2H2;2*1H2/t20-;16-;;;;/m00..../s1. The van der Waals surface area contributed by atoms with Crippen LogP contribution in [-0.2, 0) is 44.3 Å². The van der Waals surface area contributed by atoms with Gasteiger partial charge in [0, 0.05) is 53.0 Å². The molecule has 9 N–H and O–H groups in total. The molecule has 5 aromatic rings. The molecule has 3 heterocycles. The zero-order valence-corrected chi connectivity index (χ0v) is 48.9. The number of carbonyl (C=O) groups is 6. The number of rotatable bonds is 21. The summed E-state index contributed by atoms with van der Waals surface area (Å²) < 4.78 is 114. The number of aliphatic hydroxyl groups excluding tert-OH is 1. The van der Waals surface area contributed by atoms with Gasteiger partial charge in [-0.05, 0) is 105 Å². The lowest BCUT2D eigenvalue weighted by molar-refractivity contribution is -0.138. The fourth-order valence-electron chi connectivity index (χ4n) is 7.68. The van der Waals surface area contributed by atoms with E-state index in [9.17, 15) is 63.9 Å². The number of nitrogens with two attached hydrogens (primary N) is 3. The number of fused-ring (bicyclic) bond motifs is 1. The minimum Gasteiger partial charge on any atom is -0.447 e. The number of aliphatic hydroxyl groups is 1. The van der Waals surface area contributed by atoms with E-state index in [1.807, 2.05) is 0 Å². The summed E-state index contributed by atoms with van der Waals surface area (Å²) in [5, 5.41) is 11.4. The van der Waals surface area contributed by atoms with Crippen molar-refractivity contribution in [3.05, 3.63) is 152 Å². The first kappa shape index (κ1) is 75.2. The van der Waals surface area contributed by atoms with Crippen molar-refractivity contribution in [3.63, 3.8) is 0 Å². The first-order chi connectivity index (χ1) is 38.9. The molecule has 0 aliphatic carbocycles. The molecule has 0 bridgehead atoms. The third kappa shape index (κ3) is 23.0. The van der Waals surface area contributed by atoms with Crippen molar-refractivity contribution in [1.29, 1.82) is 0 Å². The van der Waals surface area contributed by atoms with E-state index in [1.54, 1.807) is 43.4 Å². The predicted molar refractivity (Wildman–Crippen MR) is 308 cm³/mol. The highest BCUT2D eigenvalue weighted by Gasteiger charge is 2.36. The number of benzene rings is 3. The zero-order valence-electron chi connectivity index (χ0n) is 45.3. The van der Waals surface area contributed by atoms with E-state index in [0.717, 1.165) is 36.3 Å². The van der Waals surface area contributed by atoms with Crippen LogP contribution < -0.4 is 28.1 Å². The van der Waals surface area contributed by atoms with Crippen molar-refractivity contribution >= 4 is 97.6 Å². The summed E-state index contributed by atoms with van der Waals surface area (Å²) in [5.74, 6) is 5.02. The molecule has 0 radical (unpaired) electrons. The van der Waals surface area contributed by atoms with Crippen LogP contribution in [0.3, 0.4) is 0 Å². The highest BCUT2D eigenvalue weighted by Crippen LogP contribution is 2.31. The average molecular weight is 1270 g/mol. The minimum absolute atomic E-state index is 0. The van der Waals surface area contributed by atoms with Crippen LogP contribution >= 0.6 is 50.2 Å². The Balaban J connectivity index is 0.000000798. The van der Waals surface area contributed by atoms with E-state index in [1.165, 1.54) is 41.1 Å². The molecule has 0 unspecified atom stereocenters. The summed E-state index contributed by atoms with van der Waals surface area (Å²) in [6, 6.07) is 17.4. The summed E-state index contributed by atoms with van der Waals surface area (Å²) in [5.41, 5.74) is 5.16. The van der Waals surface area contributed by atoms with E-state index in [4.69, 9.17) is 43.5 Å². The maximum Gasteiger partial charge on any atom is 0.417 e. The number of ether oxygens (including phenoxy) is 2. The Kier molecular flexibility index (Phi) is 32.9. The highest BCUT2D eigenvalue weighted by molar-refractivity contribution is 7.59. The number of aryl methyl sites for hydroxylation is 2. The van der Waals surface area contributed by atoms with Gasteiger partial charge in [-0.3, -0.25) is 46.4 Å². The molecule has 1 aliphatic heterocycles. The molecule has 0 spiro atoms. The van der Waals surface area contributed by atoms with Crippen LogP contribution in [0.1, 0.15) is 81.5 Å². The predicted octanol–water partition coefficient (Wildman–Crippen LogP) is 9.27. The van der Waals surface area contributed by atoms with Gasteiger partial charge in [0.1, 0.15) is 36.5 Å². The maximum absolute atomic E-state index is 13.8. The molecule has 462 valence electrons. The molecule has 31 heteroatoms. The van der Waals surface area contributed by atoms with E-state index < -0.39 is 71.2 Å². The first-order valence-electron chi connectivity index (χ1n) is 24.6. The van der Waals surface area contributed by atoms with Crippen LogP contribution in [-0.4, -0.2) is 125 Å². The molecule has 84 heavy (non-hydrogen) atoms. The number of likely N-dealkylation sites (N-methyl/N-ethyl adjacent to an activating group) is 2. The van der Waals surface area contributed by atoms with Crippen LogP contribution in [0.25, 0.3) is 0 Å². The Hall–Kier alpha value is -6.86. The van der Waals surface area contributed by atoms with Gasteiger partial charge in [0.05, 0.1) is 44.4 Å². The number of amides is 6. The third-order valence-electron chi connectivity index (χ3n) is 12.2. The molecule has 0 saturated carbocycles. The van der Waals surface area contributed by atoms with Gasteiger partial charge in [-0.25, -0.2) is 28.3 Å². The normalized spacial score (nSPS) is 12.1. The molecule has 0 saturated heterocycles. The van der Waals surface area contributed by atoms with E-state index in [2.05, 4.69) is 32.3 Å². The summed E-state index contributed by atoms with van der Waals surface area (Å²) >= 11 is 11.9. The molecular weight excluding hydrogens is 1210 g/mol. The minimum atomic E-state index is -4.59. The molecule has 6 rings (SSSR count). The zero-order chi connectivity index (χ0) is 61.3. The van der Waals surface area contributed by atoms with Gasteiger partial charge < -0.3 is 30.1 Å². The SMILES string of the molecule is CN(C(=O)CCc1cccc(F)c1Cl)[C@@H](CCCN)COC(=O)Nc1ccc(C(F)(F)F)cn1.CN(C(=O)CCc1cccc(F)c1Cl)[C@@H](CCCN1C(=O)c2ccccc2C1=O)COC(=O)Nc1ccc(C(F)(F)F)cn1.CO.NN.S.S. The second-order valence-electron chi connectivity index (χ2n) is 17.4. The van der Waals surface area contributed by atoms with Crippen molar-refractivity contribution in [2.24, 2.45) is 17.4 Å². The van der Waals surface area contributed by atoms with Crippen LogP contribution in [0.5, 0.6) is 0 Å². The molecule has 19 nitrogen and oxygen atoms in total. The maximum atomic E-state index is 13.8. The van der Waals surface area contributed by atoms with Crippen molar-refractivity contribution in [1.82, 2.24) is 24.7 Å². The van der Waals surface area contributed by atoms with Gasteiger partial charge in [0.2, 0.25) is 11.8 Å². The summed E-state index contributed by atoms with van der Waals surface area (Å²) in [6.07, 6.45) is -8.07. The van der Waals surface area contributed by atoms with Gasteiger partial charge in [0.25, 0.3) is 11.8 Å². The van der Waals surface area contributed by atoms with Gasteiger partial charge in [-0.15, -0.1) is 0 Å². The number of carbonyl (C=O) groups excluding carboxylic acids is 6. The van der Waals surface area contributed by atoms with E-state index >= 15 is 0 Å². The number of halogens is 10. The number of hydrazine groups is 1. The number of aromatic nitrogens is 2. The smallest absolute Gasteiger partial charge is 0.417 e. The summed E-state index contributed by atoms with van der Waals surface area (Å²) in [6.45, 7) is -0.0858. The van der Waals surface area contributed by atoms with Crippen molar-refractivity contribution in [2.45, 2.75) is 75.8 Å². The second-order valence-corrected chi connectivity index (χ2v) is 18.2. The number of nitrogens with zero attached hydrogens (tertiary/aromatic N) is 5.